The summed E-state index contributed by atoms with van der Waals surface area (Å²) < 4.78 is 0. The molecule has 4 heteroatoms. The molecule has 130 valence electrons. The van der Waals surface area contributed by atoms with Crippen molar-refractivity contribution in [3.8, 4) is 6.07 Å². The third-order valence-electron chi connectivity index (χ3n) is 4.64. The lowest BCUT2D eigenvalue weighted by molar-refractivity contribution is -0.676. The number of nitriles is 1. The molecule has 25 heavy (non-hydrogen) atoms. The highest BCUT2D eigenvalue weighted by molar-refractivity contribution is 5.78. The van der Waals surface area contributed by atoms with Gasteiger partial charge in [-0.15, -0.1) is 0 Å². The van der Waals surface area contributed by atoms with Crippen molar-refractivity contribution < 1.29 is 10.1 Å². The number of hydrogen-bond donors (Lipinski definition) is 2. The molecule has 0 radical (unpaired) electrons. The first-order valence-corrected chi connectivity index (χ1v) is 8.61. The third-order valence-corrected chi connectivity index (χ3v) is 4.64. The zero-order valence-corrected chi connectivity index (χ0v) is 15.1. The zero-order valence-electron chi connectivity index (χ0n) is 15.1. The number of carbonyl (C=O) groups is 1. The third kappa shape index (κ3) is 4.91. The van der Waals surface area contributed by atoms with Crippen molar-refractivity contribution in [3.05, 3.63) is 71.8 Å². The van der Waals surface area contributed by atoms with E-state index in [-0.39, 0.29) is 24.4 Å². The first-order valence-electron chi connectivity index (χ1n) is 8.61. The summed E-state index contributed by atoms with van der Waals surface area (Å²) in [5.41, 5.74) is 1.45. The van der Waals surface area contributed by atoms with Crippen LogP contribution in [0.4, 0.5) is 0 Å². The molecule has 1 amide bonds. The van der Waals surface area contributed by atoms with Crippen LogP contribution in [0.5, 0.6) is 0 Å². The quantitative estimate of drug-likeness (QED) is 0.815. The van der Waals surface area contributed by atoms with E-state index in [1.54, 1.807) is 6.92 Å². The van der Waals surface area contributed by atoms with E-state index in [0.717, 1.165) is 11.1 Å². The smallest absolute Gasteiger partial charge is 0.276 e. The topological polar surface area (TPSA) is 69.5 Å². The Bertz CT molecular complexity index is 682. The SMILES string of the molecule is CC(C)[C@](C)(C#N)NC(=O)C[NH2+]C(c1ccccc1)c1ccccc1. The first kappa shape index (κ1) is 18.7. The van der Waals surface area contributed by atoms with Gasteiger partial charge in [0.2, 0.25) is 0 Å². The van der Waals surface area contributed by atoms with E-state index in [2.05, 4.69) is 35.7 Å². The van der Waals surface area contributed by atoms with Crippen LogP contribution in [0.25, 0.3) is 0 Å². The van der Waals surface area contributed by atoms with Crippen molar-refractivity contribution in [2.75, 3.05) is 6.54 Å². The van der Waals surface area contributed by atoms with Gasteiger partial charge < -0.3 is 10.6 Å². The van der Waals surface area contributed by atoms with Crippen LogP contribution in [-0.2, 0) is 4.79 Å². The fraction of sp³-hybridized carbons (Fsp3) is 0.333. The van der Waals surface area contributed by atoms with E-state index in [0.29, 0.717) is 0 Å². The van der Waals surface area contributed by atoms with Crippen LogP contribution in [0, 0.1) is 17.2 Å². The molecule has 2 rings (SSSR count). The Kier molecular flexibility index (Phi) is 6.32. The first-order chi connectivity index (χ1) is 12.0. The monoisotopic (exact) mass is 336 g/mol. The molecule has 0 aliphatic rings. The molecule has 2 aromatic rings. The number of carbonyl (C=O) groups excluding carboxylic acids is 1. The van der Waals surface area contributed by atoms with E-state index < -0.39 is 5.54 Å². The molecule has 0 aliphatic heterocycles. The lowest BCUT2D eigenvalue weighted by Gasteiger charge is -2.27. The molecule has 0 heterocycles. The minimum absolute atomic E-state index is 0.0421. The molecule has 1 atom stereocenters. The Balaban J connectivity index is 2.11. The van der Waals surface area contributed by atoms with E-state index in [1.165, 1.54) is 0 Å². The van der Waals surface area contributed by atoms with Crippen LogP contribution in [0.3, 0.4) is 0 Å². The molecule has 0 spiro atoms. The number of quaternary nitrogens is 1. The van der Waals surface area contributed by atoms with Gasteiger partial charge in [-0.25, -0.2) is 0 Å². The number of rotatable bonds is 7. The van der Waals surface area contributed by atoms with Crippen LogP contribution in [0.1, 0.15) is 37.9 Å². The van der Waals surface area contributed by atoms with Crippen LogP contribution >= 0.6 is 0 Å². The highest BCUT2D eigenvalue weighted by atomic mass is 16.2. The maximum atomic E-state index is 12.4. The van der Waals surface area contributed by atoms with Gasteiger partial charge in [0.05, 0.1) is 6.07 Å². The highest BCUT2D eigenvalue weighted by Crippen LogP contribution is 2.18. The van der Waals surface area contributed by atoms with Gasteiger partial charge in [0.15, 0.2) is 6.54 Å². The average Bonchev–Trinajstić information content (AvgIpc) is 2.63. The number of nitrogens with zero attached hydrogens (tertiary/aromatic N) is 1. The molecule has 0 aliphatic carbocycles. The van der Waals surface area contributed by atoms with Gasteiger partial charge in [-0.2, -0.15) is 5.26 Å². The van der Waals surface area contributed by atoms with Crippen molar-refractivity contribution in [1.82, 2.24) is 5.32 Å². The summed E-state index contributed by atoms with van der Waals surface area (Å²) in [4.78, 5) is 12.4. The maximum Gasteiger partial charge on any atom is 0.276 e. The Labute approximate surface area is 149 Å². The molecule has 0 aromatic heterocycles. The van der Waals surface area contributed by atoms with Gasteiger partial charge in [0.25, 0.3) is 5.91 Å². The van der Waals surface area contributed by atoms with E-state index in [1.807, 2.05) is 55.6 Å². The van der Waals surface area contributed by atoms with E-state index in [9.17, 15) is 10.1 Å². The number of nitrogens with two attached hydrogens (primary N) is 1. The Hall–Kier alpha value is -2.64. The second-order valence-corrected chi connectivity index (χ2v) is 6.76. The lowest BCUT2D eigenvalue weighted by atomic mass is 9.90. The van der Waals surface area contributed by atoms with Crippen LogP contribution in [0.2, 0.25) is 0 Å². The fourth-order valence-electron chi connectivity index (χ4n) is 2.65. The summed E-state index contributed by atoms with van der Waals surface area (Å²) in [7, 11) is 0. The second-order valence-electron chi connectivity index (χ2n) is 6.76. The number of amides is 1. The van der Waals surface area contributed by atoms with Crippen molar-refractivity contribution >= 4 is 5.91 Å². The maximum absolute atomic E-state index is 12.4. The van der Waals surface area contributed by atoms with Gasteiger partial charge in [0.1, 0.15) is 11.6 Å². The minimum atomic E-state index is -0.847. The Morgan fingerprint density at radius 1 is 1.08 bits per heavy atom. The molecule has 0 bridgehead atoms. The van der Waals surface area contributed by atoms with Crippen molar-refractivity contribution in [1.29, 1.82) is 5.26 Å². The van der Waals surface area contributed by atoms with Crippen LogP contribution in [0.15, 0.2) is 60.7 Å². The number of nitrogens with one attached hydrogen (secondary N) is 1. The van der Waals surface area contributed by atoms with Crippen molar-refractivity contribution in [2.45, 2.75) is 32.4 Å². The molecule has 2 aromatic carbocycles. The molecule has 4 nitrogen and oxygen atoms in total. The number of hydrogen-bond acceptors (Lipinski definition) is 2. The largest absolute Gasteiger partial charge is 0.333 e. The van der Waals surface area contributed by atoms with Crippen LogP contribution in [-0.4, -0.2) is 18.0 Å². The van der Waals surface area contributed by atoms with Gasteiger partial charge in [0, 0.05) is 11.1 Å². The summed E-state index contributed by atoms with van der Waals surface area (Å²) in [6.45, 7) is 5.90. The van der Waals surface area contributed by atoms with Crippen LogP contribution < -0.4 is 10.6 Å². The molecule has 0 unspecified atom stereocenters. The summed E-state index contributed by atoms with van der Waals surface area (Å²) in [6.07, 6.45) is 0. The summed E-state index contributed by atoms with van der Waals surface area (Å²) in [5, 5.41) is 14.2. The summed E-state index contributed by atoms with van der Waals surface area (Å²) in [5.74, 6) is -0.0879. The normalized spacial score (nSPS) is 13.3. The molecular weight excluding hydrogens is 310 g/mol. The molecule has 0 saturated carbocycles. The second kappa shape index (κ2) is 8.46. The molecule has 0 fully saturated rings. The summed E-state index contributed by atoms with van der Waals surface area (Å²) in [6, 6.07) is 22.5. The van der Waals surface area contributed by atoms with Gasteiger partial charge in [-0.3, -0.25) is 4.79 Å². The van der Waals surface area contributed by atoms with Crippen molar-refractivity contribution in [3.63, 3.8) is 0 Å². The molecule has 3 N–H and O–H groups in total. The predicted molar refractivity (Wildman–Crippen MR) is 98.5 cm³/mol. The summed E-state index contributed by atoms with van der Waals surface area (Å²) >= 11 is 0. The van der Waals surface area contributed by atoms with Crippen molar-refractivity contribution in [2.24, 2.45) is 5.92 Å². The lowest BCUT2D eigenvalue weighted by Crippen LogP contribution is -2.88. The zero-order chi connectivity index (χ0) is 18.3. The fourth-order valence-corrected chi connectivity index (χ4v) is 2.65. The molecule has 0 saturated heterocycles. The Morgan fingerprint density at radius 2 is 1.56 bits per heavy atom. The van der Waals surface area contributed by atoms with E-state index in [4.69, 9.17) is 0 Å². The standard InChI is InChI=1S/C21H25N3O/c1-16(2)21(3,15-22)24-19(25)14-23-20(17-10-6-4-7-11-17)18-12-8-5-9-13-18/h4-13,16,20,23H,14H2,1-3H3,(H,24,25)/p+1/t21-/m0/s1. The minimum Gasteiger partial charge on any atom is -0.333 e. The highest BCUT2D eigenvalue weighted by Gasteiger charge is 2.30. The average molecular weight is 336 g/mol. The number of benzene rings is 2. The molecular formula is C21H26N3O+. The predicted octanol–water partition coefficient (Wildman–Crippen LogP) is 2.39. The Morgan fingerprint density at radius 3 is 1.96 bits per heavy atom. The van der Waals surface area contributed by atoms with Gasteiger partial charge >= 0.3 is 0 Å². The van der Waals surface area contributed by atoms with Gasteiger partial charge in [-0.1, -0.05) is 74.5 Å². The van der Waals surface area contributed by atoms with E-state index >= 15 is 0 Å². The van der Waals surface area contributed by atoms with Gasteiger partial charge in [-0.05, 0) is 12.8 Å².